The van der Waals surface area contributed by atoms with Crippen LogP contribution >= 0.6 is 0 Å². The molecule has 0 spiro atoms. The second-order valence-corrected chi connectivity index (χ2v) is 9.08. The van der Waals surface area contributed by atoms with E-state index in [1.165, 1.54) is 0 Å². The predicted octanol–water partition coefficient (Wildman–Crippen LogP) is 9.76. The summed E-state index contributed by atoms with van der Waals surface area (Å²) in [5.74, 6) is -56.9. The molecule has 0 unspecified atom stereocenters. The van der Waals surface area contributed by atoms with Crippen molar-refractivity contribution in [3.05, 3.63) is 0 Å². The molecule has 0 aliphatic heterocycles. The molecule has 0 atom stereocenters. The summed E-state index contributed by atoms with van der Waals surface area (Å²) in [4.78, 5) is 10.3. The third kappa shape index (κ3) is 7.56. The highest BCUT2D eigenvalue weighted by molar-refractivity contribution is 5.66. The van der Waals surface area contributed by atoms with Crippen LogP contribution in [0.15, 0.2) is 0 Å². The highest BCUT2D eigenvalue weighted by atomic mass is 19.4. The molecule has 0 aromatic carbocycles. The van der Waals surface area contributed by atoms with Gasteiger partial charge in [0, 0.05) is 12.8 Å². The molecule has 0 aromatic rings. The summed E-state index contributed by atoms with van der Waals surface area (Å²) in [6.45, 7) is 0. The molecule has 40 heavy (non-hydrogen) atoms. The van der Waals surface area contributed by atoms with Crippen molar-refractivity contribution in [2.24, 2.45) is 0 Å². The minimum absolute atomic E-state index is 0.0177. The first-order valence-corrected chi connectivity index (χ1v) is 11.6. The number of carboxylic acid groups (broad SMARTS) is 1. The first-order chi connectivity index (χ1) is 17.7. The van der Waals surface area contributed by atoms with Gasteiger partial charge in [-0.15, -0.1) is 0 Å². The third-order valence-electron chi connectivity index (χ3n) is 5.92. The number of hydrogen-bond donors (Lipinski definition) is 1. The molecule has 0 fully saturated rings. The molecule has 240 valence electrons. The van der Waals surface area contributed by atoms with Crippen LogP contribution in [0.5, 0.6) is 0 Å². The zero-order valence-electron chi connectivity index (χ0n) is 20.3. The number of carbonyl (C=O) groups is 1. The van der Waals surface area contributed by atoms with E-state index in [-0.39, 0.29) is 12.8 Å². The first kappa shape index (κ1) is 38.3. The molecule has 0 aromatic heterocycles. The van der Waals surface area contributed by atoms with Crippen LogP contribution in [0, 0.1) is 0 Å². The Balaban J connectivity index is 5.26. The van der Waals surface area contributed by atoms with Crippen molar-refractivity contribution >= 4 is 5.97 Å². The standard InChI is InChI=1S/C21H25F17O2/c22-14(23,12-10-8-6-4-2-1-3-5-7-9-11-13(39)40)15(24,25)16(26,27)17(28,29)18(30,31)19(32,33)20(34,35)21(36,37)38/h1-12H2,(H,39,40). The summed E-state index contributed by atoms with van der Waals surface area (Å²) in [7, 11) is 0. The van der Waals surface area contributed by atoms with Crippen LogP contribution in [0.1, 0.15) is 77.0 Å². The molecule has 0 bridgehead atoms. The lowest BCUT2D eigenvalue weighted by atomic mass is 9.87. The van der Waals surface area contributed by atoms with Crippen molar-refractivity contribution in [1.82, 2.24) is 0 Å². The van der Waals surface area contributed by atoms with Crippen LogP contribution < -0.4 is 0 Å². The van der Waals surface area contributed by atoms with E-state index in [4.69, 9.17) is 5.11 Å². The van der Waals surface area contributed by atoms with Crippen LogP contribution in [-0.4, -0.2) is 58.7 Å². The summed E-state index contributed by atoms with van der Waals surface area (Å²) >= 11 is 0. The summed E-state index contributed by atoms with van der Waals surface area (Å²) in [5.41, 5.74) is 0. The molecule has 0 saturated heterocycles. The summed E-state index contributed by atoms with van der Waals surface area (Å²) < 4.78 is 225. The number of hydrogen-bond acceptors (Lipinski definition) is 1. The van der Waals surface area contributed by atoms with Crippen molar-refractivity contribution < 1.29 is 84.5 Å². The Morgan fingerprint density at radius 3 is 1.00 bits per heavy atom. The van der Waals surface area contributed by atoms with Crippen molar-refractivity contribution in [3.63, 3.8) is 0 Å². The molecule has 0 rings (SSSR count). The average Bonchev–Trinajstić information content (AvgIpc) is 2.77. The molecule has 0 aliphatic carbocycles. The third-order valence-corrected chi connectivity index (χ3v) is 5.92. The van der Waals surface area contributed by atoms with Gasteiger partial charge in [-0.2, -0.15) is 74.6 Å². The van der Waals surface area contributed by atoms with E-state index >= 15 is 0 Å². The van der Waals surface area contributed by atoms with Gasteiger partial charge in [-0.3, -0.25) is 4.79 Å². The van der Waals surface area contributed by atoms with Gasteiger partial charge in [-0.25, -0.2) is 0 Å². The summed E-state index contributed by atoms with van der Waals surface area (Å²) in [6, 6.07) is 0. The van der Waals surface area contributed by atoms with Crippen LogP contribution in [0.2, 0.25) is 0 Å². The van der Waals surface area contributed by atoms with Crippen molar-refractivity contribution in [3.8, 4) is 0 Å². The van der Waals surface area contributed by atoms with Gasteiger partial charge >= 0.3 is 53.6 Å². The largest absolute Gasteiger partial charge is 0.481 e. The SMILES string of the molecule is O=C(O)CCCCCCCCCCCCC(F)(F)C(F)(F)C(F)(F)C(F)(F)C(F)(F)C(F)(F)C(F)(F)C(F)(F)F. The Kier molecular flexibility index (Phi) is 12.5. The second-order valence-electron chi connectivity index (χ2n) is 9.08. The lowest BCUT2D eigenvalue weighted by molar-refractivity contribution is -0.461. The van der Waals surface area contributed by atoms with Gasteiger partial charge in [-0.05, 0) is 12.8 Å². The molecule has 19 heteroatoms. The average molecular weight is 632 g/mol. The number of carboxylic acids is 1. The number of alkyl halides is 17. The van der Waals surface area contributed by atoms with Gasteiger partial charge in [0.15, 0.2) is 0 Å². The highest BCUT2D eigenvalue weighted by Gasteiger charge is 2.95. The monoisotopic (exact) mass is 632 g/mol. The van der Waals surface area contributed by atoms with Gasteiger partial charge in [0.05, 0.1) is 0 Å². The Labute approximate surface area is 216 Å². The van der Waals surface area contributed by atoms with Gasteiger partial charge in [0.25, 0.3) is 0 Å². The van der Waals surface area contributed by atoms with E-state index in [2.05, 4.69) is 0 Å². The lowest BCUT2D eigenvalue weighted by Gasteiger charge is -2.42. The molecule has 0 heterocycles. The van der Waals surface area contributed by atoms with Crippen LogP contribution in [0.3, 0.4) is 0 Å². The van der Waals surface area contributed by atoms with E-state index in [1.54, 1.807) is 0 Å². The number of unbranched alkanes of at least 4 members (excludes halogenated alkanes) is 9. The topological polar surface area (TPSA) is 37.3 Å². The predicted molar refractivity (Wildman–Crippen MR) is 104 cm³/mol. The lowest BCUT2D eigenvalue weighted by Crippen LogP contribution is -2.74. The molecular weight excluding hydrogens is 607 g/mol. The van der Waals surface area contributed by atoms with Crippen LogP contribution in [0.25, 0.3) is 0 Å². The molecular formula is C21H25F17O2. The molecule has 1 N–H and O–H groups in total. The molecule has 2 nitrogen and oxygen atoms in total. The van der Waals surface area contributed by atoms with E-state index < -0.39 is 72.9 Å². The quantitative estimate of drug-likeness (QED) is 0.114. The molecule has 0 saturated carbocycles. The minimum Gasteiger partial charge on any atom is -0.481 e. The Morgan fingerprint density at radius 2 is 0.675 bits per heavy atom. The Hall–Kier alpha value is -1.72. The minimum atomic E-state index is -8.60. The fourth-order valence-corrected chi connectivity index (χ4v) is 3.39. The second kappa shape index (κ2) is 13.1. The highest BCUT2D eigenvalue weighted by Crippen LogP contribution is 2.64. The summed E-state index contributed by atoms with van der Waals surface area (Å²) in [6.07, 6.45) is -7.90. The van der Waals surface area contributed by atoms with E-state index in [9.17, 15) is 79.4 Å². The molecule has 0 amide bonds. The van der Waals surface area contributed by atoms with Crippen LogP contribution in [-0.2, 0) is 4.79 Å². The van der Waals surface area contributed by atoms with Gasteiger partial charge < -0.3 is 5.11 Å². The van der Waals surface area contributed by atoms with Gasteiger partial charge in [0.1, 0.15) is 0 Å². The van der Waals surface area contributed by atoms with Gasteiger partial charge in [0.2, 0.25) is 0 Å². The number of aliphatic carboxylic acids is 1. The first-order valence-electron chi connectivity index (χ1n) is 11.6. The number of rotatable bonds is 19. The van der Waals surface area contributed by atoms with E-state index in [0.29, 0.717) is 44.9 Å². The smallest absolute Gasteiger partial charge is 0.460 e. The zero-order valence-corrected chi connectivity index (χ0v) is 20.3. The number of halogens is 17. The Morgan fingerprint density at radius 1 is 0.400 bits per heavy atom. The van der Waals surface area contributed by atoms with Crippen molar-refractivity contribution in [1.29, 1.82) is 0 Å². The zero-order chi connectivity index (χ0) is 32.1. The van der Waals surface area contributed by atoms with Crippen molar-refractivity contribution in [2.75, 3.05) is 0 Å². The Bertz CT molecular complexity index is 806. The fourth-order valence-electron chi connectivity index (χ4n) is 3.39. The van der Waals surface area contributed by atoms with E-state index in [1.807, 2.05) is 0 Å². The van der Waals surface area contributed by atoms with Crippen molar-refractivity contribution in [2.45, 2.75) is 125 Å². The maximum atomic E-state index is 13.8. The summed E-state index contributed by atoms with van der Waals surface area (Å²) in [5, 5.41) is 8.46. The molecule has 0 radical (unpaired) electrons. The maximum Gasteiger partial charge on any atom is 0.460 e. The fraction of sp³-hybridized carbons (Fsp3) is 0.952. The maximum absolute atomic E-state index is 13.8. The van der Waals surface area contributed by atoms with Crippen LogP contribution in [0.4, 0.5) is 74.6 Å². The van der Waals surface area contributed by atoms with Gasteiger partial charge in [-0.1, -0.05) is 51.4 Å². The van der Waals surface area contributed by atoms with E-state index in [0.717, 1.165) is 0 Å². The normalized spacial score (nSPS) is 15.0. The molecule has 0 aliphatic rings.